The lowest BCUT2D eigenvalue weighted by Crippen LogP contribution is -2.40. The molecule has 0 aromatic heterocycles. The van der Waals surface area contributed by atoms with Crippen LogP contribution in [0.25, 0.3) is 0 Å². The van der Waals surface area contributed by atoms with E-state index in [1.54, 1.807) is 11.8 Å². The lowest BCUT2D eigenvalue weighted by atomic mass is 10.2. The summed E-state index contributed by atoms with van der Waals surface area (Å²) in [4.78, 5) is 8.12. The van der Waals surface area contributed by atoms with Crippen molar-refractivity contribution < 1.29 is 0 Å². The third-order valence-corrected chi connectivity index (χ3v) is 4.42. The molecule has 2 rings (SSSR count). The highest BCUT2D eigenvalue weighted by atomic mass is 127. The number of halogens is 1. The molecule has 21 heavy (non-hydrogen) atoms. The monoisotopic (exact) mass is 419 g/mol. The van der Waals surface area contributed by atoms with Crippen LogP contribution in [0.3, 0.4) is 0 Å². The van der Waals surface area contributed by atoms with Crippen molar-refractivity contribution in [3.8, 4) is 0 Å². The Bertz CT molecular complexity index is 461. The highest BCUT2D eigenvalue weighted by molar-refractivity contribution is 14.0. The normalized spacial score (nSPS) is 20.7. The molecule has 2 unspecified atom stereocenters. The number of benzene rings is 1. The first-order valence-corrected chi connectivity index (χ1v) is 8.51. The van der Waals surface area contributed by atoms with Crippen LogP contribution < -0.4 is 5.32 Å². The van der Waals surface area contributed by atoms with Crippen molar-refractivity contribution in [1.82, 2.24) is 10.2 Å². The summed E-state index contributed by atoms with van der Waals surface area (Å²) < 4.78 is 0. The first-order chi connectivity index (χ1) is 9.63. The smallest absolute Gasteiger partial charge is 0.194 e. The van der Waals surface area contributed by atoms with Crippen LogP contribution in [0.15, 0.2) is 34.2 Å². The van der Waals surface area contributed by atoms with Crippen LogP contribution in [0.2, 0.25) is 0 Å². The van der Waals surface area contributed by atoms with E-state index in [9.17, 15) is 0 Å². The summed E-state index contributed by atoms with van der Waals surface area (Å²) in [6.45, 7) is 6.07. The van der Waals surface area contributed by atoms with Gasteiger partial charge in [-0.15, -0.1) is 35.7 Å². The minimum atomic E-state index is 0. The largest absolute Gasteiger partial charge is 0.353 e. The van der Waals surface area contributed by atoms with E-state index in [0.29, 0.717) is 6.04 Å². The van der Waals surface area contributed by atoms with Gasteiger partial charge in [0.2, 0.25) is 0 Å². The SMILES string of the molecule is CCN=C(NC1CC1C)N(C)Cc1ccc(SC)cc1.I. The maximum atomic E-state index is 4.60. The van der Waals surface area contributed by atoms with E-state index in [-0.39, 0.29) is 24.0 Å². The Kier molecular flexibility index (Phi) is 7.87. The summed E-state index contributed by atoms with van der Waals surface area (Å²) in [7, 11) is 2.11. The van der Waals surface area contributed by atoms with Crippen molar-refractivity contribution in [3.05, 3.63) is 29.8 Å². The minimum Gasteiger partial charge on any atom is -0.353 e. The molecule has 1 saturated carbocycles. The van der Waals surface area contributed by atoms with E-state index < -0.39 is 0 Å². The quantitative estimate of drug-likeness (QED) is 0.340. The van der Waals surface area contributed by atoms with Gasteiger partial charge in [0.1, 0.15) is 0 Å². The summed E-state index contributed by atoms with van der Waals surface area (Å²) in [5, 5.41) is 3.56. The Hall–Kier alpha value is -0.430. The molecule has 1 N–H and O–H groups in total. The second-order valence-electron chi connectivity index (χ2n) is 5.47. The molecule has 118 valence electrons. The molecular formula is C16H26IN3S. The average Bonchev–Trinajstić information content (AvgIpc) is 3.14. The predicted octanol–water partition coefficient (Wildman–Crippen LogP) is 3.83. The zero-order chi connectivity index (χ0) is 14.5. The molecule has 0 aliphatic heterocycles. The van der Waals surface area contributed by atoms with Crippen molar-refractivity contribution in [1.29, 1.82) is 0 Å². The van der Waals surface area contributed by atoms with Gasteiger partial charge in [0.05, 0.1) is 0 Å². The third-order valence-electron chi connectivity index (χ3n) is 3.67. The molecule has 1 aromatic rings. The van der Waals surface area contributed by atoms with Crippen LogP contribution in [-0.2, 0) is 6.54 Å². The zero-order valence-corrected chi connectivity index (χ0v) is 16.4. The predicted molar refractivity (Wildman–Crippen MR) is 104 cm³/mol. The van der Waals surface area contributed by atoms with Crippen LogP contribution >= 0.6 is 35.7 Å². The van der Waals surface area contributed by atoms with E-state index in [4.69, 9.17) is 0 Å². The number of nitrogens with zero attached hydrogens (tertiary/aromatic N) is 2. The Morgan fingerprint density at radius 3 is 2.48 bits per heavy atom. The van der Waals surface area contributed by atoms with Gasteiger partial charge in [-0.2, -0.15) is 0 Å². The Balaban J connectivity index is 0.00000220. The van der Waals surface area contributed by atoms with Gasteiger partial charge < -0.3 is 10.2 Å². The lowest BCUT2D eigenvalue weighted by molar-refractivity contribution is 0.473. The van der Waals surface area contributed by atoms with E-state index in [1.807, 2.05) is 0 Å². The second-order valence-corrected chi connectivity index (χ2v) is 6.35. The highest BCUT2D eigenvalue weighted by Gasteiger charge is 2.33. The molecule has 5 heteroatoms. The molecule has 1 fully saturated rings. The third kappa shape index (κ3) is 5.70. The number of hydrogen-bond donors (Lipinski definition) is 1. The van der Waals surface area contributed by atoms with Crippen molar-refractivity contribution >= 4 is 41.7 Å². The van der Waals surface area contributed by atoms with Crippen LogP contribution in [0.5, 0.6) is 0 Å². The molecular weight excluding hydrogens is 393 g/mol. The van der Waals surface area contributed by atoms with Gasteiger partial charge in [0, 0.05) is 31.1 Å². The van der Waals surface area contributed by atoms with Crippen LogP contribution in [0, 0.1) is 5.92 Å². The van der Waals surface area contributed by atoms with Gasteiger partial charge in [0.25, 0.3) is 0 Å². The Morgan fingerprint density at radius 1 is 1.38 bits per heavy atom. The van der Waals surface area contributed by atoms with E-state index >= 15 is 0 Å². The van der Waals surface area contributed by atoms with Gasteiger partial charge >= 0.3 is 0 Å². The molecule has 1 aliphatic carbocycles. The Labute approximate surface area is 150 Å². The average molecular weight is 419 g/mol. The molecule has 0 bridgehead atoms. The topological polar surface area (TPSA) is 27.6 Å². The lowest BCUT2D eigenvalue weighted by Gasteiger charge is -2.22. The molecule has 0 amide bonds. The van der Waals surface area contributed by atoms with Gasteiger partial charge in [-0.1, -0.05) is 19.1 Å². The first kappa shape index (κ1) is 18.6. The number of aliphatic imine (C=N–C) groups is 1. The van der Waals surface area contributed by atoms with Crippen molar-refractivity contribution in [2.24, 2.45) is 10.9 Å². The summed E-state index contributed by atoms with van der Waals surface area (Å²) >= 11 is 1.78. The van der Waals surface area contributed by atoms with Crippen molar-refractivity contribution in [2.75, 3.05) is 19.8 Å². The molecule has 2 atom stereocenters. The van der Waals surface area contributed by atoms with Crippen molar-refractivity contribution in [3.63, 3.8) is 0 Å². The van der Waals surface area contributed by atoms with Crippen LogP contribution in [0.4, 0.5) is 0 Å². The fourth-order valence-corrected chi connectivity index (χ4v) is 2.60. The second kappa shape index (κ2) is 8.88. The fourth-order valence-electron chi connectivity index (χ4n) is 2.19. The molecule has 1 aromatic carbocycles. The number of thioether (sulfide) groups is 1. The van der Waals surface area contributed by atoms with E-state index in [2.05, 4.69) is 66.6 Å². The van der Waals surface area contributed by atoms with Crippen LogP contribution in [0.1, 0.15) is 25.8 Å². The highest BCUT2D eigenvalue weighted by Crippen LogP contribution is 2.29. The maximum Gasteiger partial charge on any atom is 0.194 e. The Morgan fingerprint density at radius 2 is 2.00 bits per heavy atom. The molecule has 0 saturated heterocycles. The summed E-state index contributed by atoms with van der Waals surface area (Å²) in [5.41, 5.74) is 1.32. The number of guanidine groups is 1. The molecule has 0 heterocycles. The van der Waals surface area contributed by atoms with Crippen LogP contribution in [-0.4, -0.2) is 36.7 Å². The fraction of sp³-hybridized carbons (Fsp3) is 0.562. The zero-order valence-electron chi connectivity index (χ0n) is 13.3. The molecule has 0 spiro atoms. The number of hydrogen-bond acceptors (Lipinski definition) is 2. The summed E-state index contributed by atoms with van der Waals surface area (Å²) in [6.07, 6.45) is 3.37. The standard InChI is InChI=1S/C16H25N3S.HI/c1-5-17-16(18-15-10-12(15)2)19(3)11-13-6-8-14(20-4)9-7-13;/h6-9,12,15H,5,10-11H2,1-4H3,(H,17,18);1H. The first-order valence-electron chi connectivity index (χ1n) is 7.29. The molecule has 1 aliphatic rings. The number of nitrogens with one attached hydrogen (secondary N) is 1. The number of rotatable bonds is 5. The maximum absolute atomic E-state index is 4.60. The molecule has 3 nitrogen and oxygen atoms in total. The summed E-state index contributed by atoms with van der Waals surface area (Å²) in [5.74, 6) is 1.81. The van der Waals surface area contributed by atoms with E-state index in [0.717, 1.165) is 25.0 Å². The minimum absolute atomic E-state index is 0. The van der Waals surface area contributed by atoms with Gasteiger partial charge in [0.15, 0.2) is 5.96 Å². The van der Waals surface area contributed by atoms with Crippen molar-refractivity contribution in [2.45, 2.75) is 37.8 Å². The van der Waals surface area contributed by atoms with Gasteiger partial charge in [-0.05, 0) is 43.2 Å². The van der Waals surface area contributed by atoms with Gasteiger partial charge in [-0.25, -0.2) is 0 Å². The van der Waals surface area contributed by atoms with E-state index in [1.165, 1.54) is 16.9 Å². The van der Waals surface area contributed by atoms with Gasteiger partial charge in [-0.3, -0.25) is 4.99 Å². The molecule has 0 radical (unpaired) electrons. The summed E-state index contributed by atoms with van der Waals surface area (Å²) in [6, 6.07) is 9.38.